The Morgan fingerprint density at radius 3 is 2.92 bits per heavy atom. The highest BCUT2D eigenvalue weighted by atomic mass is 35.5. The molecule has 0 saturated heterocycles. The molecule has 0 unspecified atom stereocenters. The number of rotatable bonds is 5. The molecule has 2 nitrogen and oxygen atoms in total. The van der Waals surface area contributed by atoms with Crippen molar-refractivity contribution < 1.29 is 0 Å². The Bertz CT molecular complexity index is 250. The van der Waals surface area contributed by atoms with Gasteiger partial charge in [0.2, 0.25) is 0 Å². The minimum Gasteiger partial charge on any atom is -0.365 e. The van der Waals surface area contributed by atoms with Crippen molar-refractivity contribution >= 4 is 27.9 Å². The minimum atomic E-state index is 0.858. The number of halogens is 1. The summed E-state index contributed by atoms with van der Waals surface area (Å²) in [7, 11) is 4.05. The summed E-state index contributed by atoms with van der Waals surface area (Å²) in [5.74, 6) is 0. The topological polar surface area (TPSA) is 15.3 Å². The monoisotopic (exact) mass is 218 g/mol. The van der Waals surface area contributed by atoms with Crippen LogP contribution >= 0.6 is 22.9 Å². The predicted molar refractivity (Wildman–Crippen MR) is 61.1 cm³/mol. The average Bonchev–Trinajstić information content (AvgIpc) is 2.52. The van der Waals surface area contributed by atoms with Crippen molar-refractivity contribution in [1.82, 2.24) is 5.32 Å². The maximum atomic E-state index is 6.00. The molecule has 0 saturated carbocycles. The van der Waals surface area contributed by atoms with Gasteiger partial charge in [-0.05, 0) is 31.5 Å². The summed E-state index contributed by atoms with van der Waals surface area (Å²) in [6.07, 6.45) is 1.14. The van der Waals surface area contributed by atoms with Gasteiger partial charge in [0.15, 0.2) is 0 Å². The van der Waals surface area contributed by atoms with Crippen molar-refractivity contribution in [2.45, 2.75) is 6.42 Å². The lowest BCUT2D eigenvalue weighted by molar-refractivity contribution is 0.715. The van der Waals surface area contributed by atoms with Crippen LogP contribution < -0.4 is 10.2 Å². The van der Waals surface area contributed by atoms with Crippen LogP contribution in [0.25, 0.3) is 0 Å². The summed E-state index contributed by atoms with van der Waals surface area (Å²) >= 11 is 7.69. The second kappa shape index (κ2) is 5.47. The molecule has 1 N–H and O–H groups in total. The Labute approximate surface area is 88.5 Å². The van der Waals surface area contributed by atoms with Crippen LogP contribution in [-0.2, 0) is 0 Å². The summed E-state index contributed by atoms with van der Waals surface area (Å²) in [6.45, 7) is 2.09. The molecule has 4 heteroatoms. The summed E-state index contributed by atoms with van der Waals surface area (Å²) in [5, 5.41) is 7.17. The molecule has 0 fully saturated rings. The quantitative estimate of drug-likeness (QED) is 0.764. The molecule has 0 aliphatic carbocycles. The van der Waals surface area contributed by atoms with Crippen molar-refractivity contribution in [3.05, 3.63) is 16.5 Å². The molecule has 0 spiro atoms. The molecule has 0 aromatic carbocycles. The maximum Gasteiger partial charge on any atom is 0.110 e. The Kier molecular flexibility index (Phi) is 4.56. The van der Waals surface area contributed by atoms with Crippen molar-refractivity contribution in [1.29, 1.82) is 0 Å². The van der Waals surface area contributed by atoms with Gasteiger partial charge in [0.25, 0.3) is 0 Å². The van der Waals surface area contributed by atoms with E-state index in [1.807, 2.05) is 18.5 Å². The number of hydrogen-bond donors (Lipinski definition) is 1. The van der Waals surface area contributed by atoms with Gasteiger partial charge in [-0.2, -0.15) is 0 Å². The van der Waals surface area contributed by atoms with Gasteiger partial charge in [0, 0.05) is 13.6 Å². The normalized spacial score (nSPS) is 10.4. The molecule has 0 amide bonds. The molecule has 1 rings (SSSR count). The van der Waals surface area contributed by atoms with E-state index in [0.717, 1.165) is 29.5 Å². The third-order valence-electron chi connectivity index (χ3n) is 1.87. The molecule has 0 bridgehead atoms. The van der Waals surface area contributed by atoms with Gasteiger partial charge in [-0.15, -0.1) is 11.3 Å². The molecule has 1 heterocycles. The van der Waals surface area contributed by atoms with E-state index in [9.17, 15) is 0 Å². The Morgan fingerprint density at radius 2 is 2.38 bits per heavy atom. The molecule has 0 atom stereocenters. The molecule has 74 valence electrons. The van der Waals surface area contributed by atoms with Crippen LogP contribution in [-0.4, -0.2) is 27.2 Å². The van der Waals surface area contributed by atoms with Gasteiger partial charge < -0.3 is 10.2 Å². The van der Waals surface area contributed by atoms with Gasteiger partial charge in [-0.1, -0.05) is 11.6 Å². The van der Waals surface area contributed by atoms with Crippen molar-refractivity contribution in [2.24, 2.45) is 0 Å². The van der Waals surface area contributed by atoms with Crippen LogP contribution in [0.1, 0.15) is 6.42 Å². The first-order valence-corrected chi connectivity index (χ1v) is 5.60. The third kappa shape index (κ3) is 3.18. The number of hydrogen-bond acceptors (Lipinski definition) is 3. The summed E-state index contributed by atoms with van der Waals surface area (Å²) in [6, 6.07) is 1.94. The van der Waals surface area contributed by atoms with E-state index in [4.69, 9.17) is 11.6 Å². The van der Waals surface area contributed by atoms with Gasteiger partial charge in [-0.3, -0.25) is 0 Å². The minimum absolute atomic E-state index is 0.858. The first-order chi connectivity index (χ1) is 6.25. The molecule has 1 aromatic rings. The summed E-state index contributed by atoms with van der Waals surface area (Å²) in [4.78, 5) is 2.20. The molecule has 0 aliphatic heterocycles. The molecular weight excluding hydrogens is 204 g/mol. The Hall–Kier alpha value is -0.250. The highest BCUT2D eigenvalue weighted by molar-refractivity contribution is 7.15. The molecule has 0 aliphatic rings. The van der Waals surface area contributed by atoms with E-state index in [0.29, 0.717) is 0 Å². The standard InChI is InChI=1S/C9H15ClN2S/c1-11-5-3-6-12(2)9-8(10)4-7-13-9/h4,7,11H,3,5-6H2,1-2H3. The lowest BCUT2D eigenvalue weighted by Gasteiger charge is -2.17. The number of thiophene rings is 1. The van der Waals surface area contributed by atoms with Crippen LogP contribution in [0.3, 0.4) is 0 Å². The van der Waals surface area contributed by atoms with E-state index in [1.165, 1.54) is 0 Å². The molecule has 1 aromatic heterocycles. The largest absolute Gasteiger partial charge is 0.365 e. The Morgan fingerprint density at radius 1 is 1.62 bits per heavy atom. The van der Waals surface area contributed by atoms with Crippen molar-refractivity contribution in [3.8, 4) is 0 Å². The fourth-order valence-corrected chi connectivity index (χ4v) is 2.35. The second-order valence-corrected chi connectivity index (χ2v) is 4.25. The zero-order chi connectivity index (χ0) is 9.68. The van der Waals surface area contributed by atoms with E-state index >= 15 is 0 Å². The van der Waals surface area contributed by atoms with Gasteiger partial charge >= 0.3 is 0 Å². The Balaban J connectivity index is 2.39. The number of anilines is 1. The van der Waals surface area contributed by atoms with Crippen LogP contribution in [0, 0.1) is 0 Å². The smallest absolute Gasteiger partial charge is 0.110 e. The molecule has 0 radical (unpaired) electrons. The van der Waals surface area contributed by atoms with Crippen molar-refractivity contribution in [3.63, 3.8) is 0 Å². The van der Waals surface area contributed by atoms with Crippen LogP contribution in [0.4, 0.5) is 5.00 Å². The van der Waals surface area contributed by atoms with E-state index in [2.05, 4.69) is 17.3 Å². The highest BCUT2D eigenvalue weighted by Gasteiger charge is 2.05. The fourth-order valence-electron chi connectivity index (χ4n) is 1.15. The second-order valence-electron chi connectivity index (χ2n) is 2.95. The lowest BCUT2D eigenvalue weighted by atomic mass is 10.4. The first-order valence-electron chi connectivity index (χ1n) is 4.34. The zero-order valence-corrected chi connectivity index (χ0v) is 9.58. The number of nitrogens with zero attached hydrogens (tertiary/aromatic N) is 1. The average molecular weight is 219 g/mol. The SMILES string of the molecule is CNCCCN(C)c1sccc1Cl. The van der Waals surface area contributed by atoms with E-state index < -0.39 is 0 Å². The van der Waals surface area contributed by atoms with E-state index in [-0.39, 0.29) is 0 Å². The summed E-state index contributed by atoms with van der Waals surface area (Å²) < 4.78 is 0. The predicted octanol–water partition coefficient (Wildman–Crippen LogP) is 2.45. The summed E-state index contributed by atoms with van der Waals surface area (Å²) in [5.41, 5.74) is 0. The maximum absolute atomic E-state index is 6.00. The van der Waals surface area contributed by atoms with Crippen molar-refractivity contribution in [2.75, 3.05) is 32.1 Å². The number of nitrogens with one attached hydrogen (secondary N) is 1. The lowest BCUT2D eigenvalue weighted by Crippen LogP contribution is -2.21. The highest BCUT2D eigenvalue weighted by Crippen LogP contribution is 2.30. The molecule has 13 heavy (non-hydrogen) atoms. The van der Waals surface area contributed by atoms with Crippen LogP contribution in [0.15, 0.2) is 11.4 Å². The fraction of sp³-hybridized carbons (Fsp3) is 0.556. The van der Waals surface area contributed by atoms with Gasteiger partial charge in [0.1, 0.15) is 5.00 Å². The van der Waals surface area contributed by atoms with Crippen LogP contribution in [0.2, 0.25) is 5.02 Å². The van der Waals surface area contributed by atoms with Gasteiger partial charge in [0.05, 0.1) is 5.02 Å². The van der Waals surface area contributed by atoms with Crippen LogP contribution in [0.5, 0.6) is 0 Å². The molecular formula is C9H15ClN2S. The zero-order valence-electron chi connectivity index (χ0n) is 8.01. The third-order valence-corrected chi connectivity index (χ3v) is 3.31. The van der Waals surface area contributed by atoms with Gasteiger partial charge in [-0.25, -0.2) is 0 Å². The first kappa shape index (κ1) is 10.8. The van der Waals surface area contributed by atoms with E-state index in [1.54, 1.807) is 11.3 Å².